The van der Waals surface area contributed by atoms with Gasteiger partial charge in [-0.2, -0.15) is 0 Å². The van der Waals surface area contributed by atoms with Crippen LogP contribution in [0.3, 0.4) is 0 Å². The number of aromatic carboxylic acids is 1. The number of rotatable bonds is 6. The molecule has 2 aromatic heterocycles. The lowest BCUT2D eigenvalue weighted by Crippen LogP contribution is -2.39. The Morgan fingerprint density at radius 2 is 1.98 bits per heavy atom. The van der Waals surface area contributed by atoms with Crippen molar-refractivity contribution in [1.82, 2.24) is 4.57 Å². The minimum atomic E-state index is -1.09. The van der Waals surface area contributed by atoms with E-state index in [2.05, 4.69) is 4.99 Å². The van der Waals surface area contributed by atoms with E-state index in [0.717, 1.165) is 11.3 Å². The quantitative estimate of drug-likeness (QED) is 0.331. The molecule has 2 aliphatic rings. The minimum absolute atomic E-state index is 0.0620. The van der Waals surface area contributed by atoms with Gasteiger partial charge in [0.25, 0.3) is 5.56 Å². The van der Waals surface area contributed by atoms with Gasteiger partial charge in [0.1, 0.15) is 11.5 Å². The molecule has 12 heteroatoms. The second-order valence-electron chi connectivity index (χ2n) is 9.12. The van der Waals surface area contributed by atoms with Gasteiger partial charge in [0.05, 0.1) is 39.0 Å². The molecule has 2 aromatic carbocycles. The SMILES string of the molecule is CCOC(=O)C1=C(C)N=c2sc(=Cc3ccc(-c4cc(C(=O)O)ccc4Cl)o3)c(=O)n2C1c1ccc2c(c1)OCO2. The third-order valence-corrected chi connectivity index (χ3v) is 7.92. The van der Waals surface area contributed by atoms with Gasteiger partial charge in [0, 0.05) is 11.6 Å². The molecule has 0 aliphatic carbocycles. The second-order valence-corrected chi connectivity index (χ2v) is 10.5. The van der Waals surface area contributed by atoms with Crippen LogP contribution >= 0.6 is 22.9 Å². The summed E-state index contributed by atoms with van der Waals surface area (Å²) in [6.07, 6.45) is 1.57. The van der Waals surface area contributed by atoms with Crippen LogP contribution in [0.15, 0.2) is 74.0 Å². The van der Waals surface area contributed by atoms with E-state index < -0.39 is 18.0 Å². The number of esters is 1. The van der Waals surface area contributed by atoms with Gasteiger partial charge in [0.2, 0.25) is 6.79 Å². The van der Waals surface area contributed by atoms with Crippen LogP contribution in [0.2, 0.25) is 5.02 Å². The maximum atomic E-state index is 13.8. The molecule has 0 amide bonds. The van der Waals surface area contributed by atoms with Crippen LogP contribution in [0.25, 0.3) is 17.4 Å². The molecule has 0 saturated heterocycles. The number of carbonyl (C=O) groups is 2. The third kappa shape index (κ3) is 4.72. The molecular weight excluding hydrogens is 572 g/mol. The number of ether oxygens (including phenoxy) is 3. The molecular formula is C29H21ClN2O8S. The van der Waals surface area contributed by atoms with E-state index >= 15 is 0 Å². The summed E-state index contributed by atoms with van der Waals surface area (Å²) >= 11 is 7.45. The van der Waals surface area contributed by atoms with Crippen LogP contribution in [0.4, 0.5) is 0 Å². The average molecular weight is 593 g/mol. The number of aromatic nitrogens is 1. The number of nitrogens with zero attached hydrogens (tertiary/aromatic N) is 2. The molecule has 0 spiro atoms. The van der Waals surface area contributed by atoms with Gasteiger partial charge in [-0.3, -0.25) is 9.36 Å². The van der Waals surface area contributed by atoms with Crippen LogP contribution in [0.5, 0.6) is 11.5 Å². The maximum absolute atomic E-state index is 13.8. The van der Waals surface area contributed by atoms with Gasteiger partial charge in [0.15, 0.2) is 16.3 Å². The highest BCUT2D eigenvalue weighted by Gasteiger charge is 2.34. The largest absolute Gasteiger partial charge is 0.478 e. The highest BCUT2D eigenvalue weighted by molar-refractivity contribution is 7.07. The van der Waals surface area contributed by atoms with Gasteiger partial charge in [-0.25, -0.2) is 14.6 Å². The van der Waals surface area contributed by atoms with Crippen molar-refractivity contribution in [2.24, 2.45) is 4.99 Å². The first kappa shape index (κ1) is 26.6. The predicted octanol–water partition coefficient (Wildman–Crippen LogP) is 4.14. The lowest BCUT2D eigenvalue weighted by Gasteiger charge is -2.24. The molecule has 4 aromatic rings. The summed E-state index contributed by atoms with van der Waals surface area (Å²) < 4.78 is 24.0. The molecule has 0 saturated carbocycles. The lowest BCUT2D eigenvalue weighted by molar-refractivity contribution is -0.139. The number of carboxylic acid groups (broad SMARTS) is 1. The minimum Gasteiger partial charge on any atom is -0.478 e. The number of carbonyl (C=O) groups excluding carboxylic acids is 1. The third-order valence-electron chi connectivity index (χ3n) is 6.61. The molecule has 1 unspecified atom stereocenters. The number of halogens is 1. The monoisotopic (exact) mass is 592 g/mol. The van der Waals surface area contributed by atoms with Crippen LogP contribution in [0, 0.1) is 0 Å². The number of thiazole rings is 1. The molecule has 0 radical (unpaired) electrons. The van der Waals surface area contributed by atoms with Crippen LogP contribution in [-0.2, 0) is 9.53 Å². The number of benzene rings is 2. The Kier molecular flexibility index (Phi) is 6.76. The van der Waals surface area contributed by atoms with E-state index in [9.17, 15) is 19.5 Å². The lowest BCUT2D eigenvalue weighted by atomic mass is 9.95. The zero-order valence-electron chi connectivity index (χ0n) is 21.7. The van der Waals surface area contributed by atoms with Crippen molar-refractivity contribution < 1.29 is 33.3 Å². The predicted molar refractivity (Wildman–Crippen MR) is 149 cm³/mol. The Labute approximate surface area is 241 Å². The molecule has 0 bridgehead atoms. The number of allylic oxidation sites excluding steroid dienone is 1. The smallest absolute Gasteiger partial charge is 0.338 e. The fourth-order valence-electron chi connectivity index (χ4n) is 4.74. The molecule has 10 nitrogen and oxygen atoms in total. The van der Waals surface area contributed by atoms with Crippen LogP contribution < -0.4 is 24.4 Å². The zero-order chi connectivity index (χ0) is 28.8. The Morgan fingerprint density at radius 3 is 2.76 bits per heavy atom. The zero-order valence-corrected chi connectivity index (χ0v) is 23.2. The van der Waals surface area contributed by atoms with Crippen molar-refractivity contribution in [3.63, 3.8) is 0 Å². The maximum Gasteiger partial charge on any atom is 0.338 e. The van der Waals surface area contributed by atoms with E-state index in [1.54, 1.807) is 50.3 Å². The van der Waals surface area contributed by atoms with E-state index in [0.29, 0.717) is 54.2 Å². The summed E-state index contributed by atoms with van der Waals surface area (Å²) in [6.45, 7) is 3.66. The number of furan rings is 1. The number of hydrogen-bond acceptors (Lipinski definition) is 9. The normalized spacial score (nSPS) is 16.0. The van der Waals surface area contributed by atoms with Crippen LogP contribution in [-0.4, -0.2) is 35.0 Å². The van der Waals surface area contributed by atoms with Gasteiger partial charge in [-0.15, -0.1) is 0 Å². The van der Waals surface area contributed by atoms with Crippen molar-refractivity contribution in [2.75, 3.05) is 13.4 Å². The standard InChI is InChI=1S/C29H21ClN2O8S/c1-3-37-28(36)24-14(2)31-29-32(25(24)15-5-8-21-22(11-15)39-13-38-21)26(33)23(41-29)12-17-6-9-20(40-17)18-10-16(27(34)35)4-7-19(18)30/h4-12,25H,3,13H2,1-2H3,(H,34,35). The topological polar surface area (TPSA) is 130 Å². The van der Waals surface area contributed by atoms with Gasteiger partial charge >= 0.3 is 11.9 Å². The van der Waals surface area contributed by atoms with E-state index in [1.165, 1.54) is 22.8 Å². The summed E-state index contributed by atoms with van der Waals surface area (Å²) in [5, 5.41) is 9.66. The summed E-state index contributed by atoms with van der Waals surface area (Å²) in [5.74, 6) is 0.115. The van der Waals surface area contributed by atoms with E-state index in [1.807, 2.05) is 0 Å². The fourth-order valence-corrected chi connectivity index (χ4v) is 5.98. The molecule has 208 valence electrons. The second kappa shape index (κ2) is 10.4. The Hall–Kier alpha value is -4.61. The van der Waals surface area contributed by atoms with E-state index in [-0.39, 0.29) is 30.1 Å². The Bertz CT molecular complexity index is 1950. The molecule has 4 heterocycles. The molecule has 1 N–H and O–H groups in total. The molecule has 1 atom stereocenters. The summed E-state index contributed by atoms with van der Waals surface area (Å²) in [6, 6.07) is 12.1. The highest BCUT2D eigenvalue weighted by atomic mass is 35.5. The van der Waals surface area contributed by atoms with Crippen molar-refractivity contribution in [3.05, 3.63) is 101 Å². The Balaban J connectivity index is 1.47. The first-order valence-corrected chi connectivity index (χ1v) is 13.7. The van der Waals surface area contributed by atoms with Gasteiger partial charge < -0.3 is 23.7 Å². The van der Waals surface area contributed by atoms with Crippen molar-refractivity contribution >= 4 is 41.0 Å². The summed E-state index contributed by atoms with van der Waals surface area (Å²) in [5.41, 5.74) is 1.41. The fraction of sp³-hybridized carbons (Fsp3) is 0.172. The first-order valence-electron chi connectivity index (χ1n) is 12.5. The van der Waals surface area contributed by atoms with Gasteiger partial charge in [-0.1, -0.05) is 29.0 Å². The first-order chi connectivity index (χ1) is 19.7. The highest BCUT2D eigenvalue weighted by Crippen LogP contribution is 2.38. The summed E-state index contributed by atoms with van der Waals surface area (Å²) in [4.78, 5) is 43.3. The van der Waals surface area contributed by atoms with Crippen molar-refractivity contribution in [2.45, 2.75) is 19.9 Å². The van der Waals surface area contributed by atoms with Crippen molar-refractivity contribution in [1.29, 1.82) is 0 Å². The van der Waals surface area contributed by atoms with Gasteiger partial charge in [-0.05, 0) is 61.9 Å². The van der Waals surface area contributed by atoms with Crippen LogP contribution in [0.1, 0.15) is 41.6 Å². The molecule has 41 heavy (non-hydrogen) atoms. The Morgan fingerprint density at radius 1 is 1.17 bits per heavy atom. The summed E-state index contributed by atoms with van der Waals surface area (Å²) in [7, 11) is 0. The molecule has 0 fully saturated rings. The van der Waals surface area contributed by atoms with Crippen molar-refractivity contribution in [3.8, 4) is 22.8 Å². The number of carboxylic acids is 1. The number of fused-ring (bicyclic) bond motifs is 2. The van der Waals surface area contributed by atoms with E-state index in [4.69, 9.17) is 30.2 Å². The molecule has 6 rings (SSSR count). The average Bonchev–Trinajstić information content (AvgIpc) is 3.67. The molecule has 2 aliphatic heterocycles. The number of hydrogen-bond donors (Lipinski definition) is 1.